The highest BCUT2D eigenvalue weighted by molar-refractivity contribution is 7.91. The number of carbonyl (C=O) groups is 2. The summed E-state index contributed by atoms with van der Waals surface area (Å²) >= 11 is 0. The predicted octanol–water partition coefficient (Wildman–Crippen LogP) is 1.49. The van der Waals surface area contributed by atoms with Crippen molar-refractivity contribution in [2.24, 2.45) is 0 Å². The van der Waals surface area contributed by atoms with Crippen LogP contribution in [0.4, 0.5) is 0 Å². The third-order valence-electron chi connectivity index (χ3n) is 5.39. The molecule has 1 aliphatic rings. The number of sulfone groups is 2. The Morgan fingerprint density at radius 3 is 1.82 bits per heavy atom. The van der Waals surface area contributed by atoms with Gasteiger partial charge in [0.05, 0.1) is 22.5 Å². The first kappa shape index (κ1) is 24.7. The number of hydrogen-bond donors (Lipinski definition) is 0. The van der Waals surface area contributed by atoms with Crippen LogP contribution in [-0.2, 0) is 19.7 Å². The van der Waals surface area contributed by atoms with E-state index in [2.05, 4.69) is 0 Å². The fourth-order valence-corrected chi connectivity index (χ4v) is 5.06. The summed E-state index contributed by atoms with van der Waals surface area (Å²) in [6, 6.07) is 10.3. The van der Waals surface area contributed by atoms with Crippen LogP contribution in [-0.4, -0.2) is 84.3 Å². The largest absolute Gasteiger partial charge is 0.496 e. The second kappa shape index (κ2) is 9.52. The molecule has 0 aromatic heterocycles. The van der Waals surface area contributed by atoms with E-state index in [0.717, 1.165) is 18.6 Å². The van der Waals surface area contributed by atoms with Crippen LogP contribution in [0.3, 0.4) is 0 Å². The number of hydrogen-bond acceptors (Lipinski definition) is 7. The molecule has 0 atom stereocenters. The van der Waals surface area contributed by atoms with E-state index in [1.807, 2.05) is 0 Å². The molecule has 11 heteroatoms. The van der Waals surface area contributed by atoms with Crippen molar-refractivity contribution in [3.05, 3.63) is 53.6 Å². The summed E-state index contributed by atoms with van der Waals surface area (Å²) in [5.74, 6) is -0.234. The molecule has 1 fully saturated rings. The summed E-state index contributed by atoms with van der Waals surface area (Å²) in [5.41, 5.74) is 0.404. The molecule has 0 N–H and O–H groups in total. The monoisotopic (exact) mass is 494 g/mol. The summed E-state index contributed by atoms with van der Waals surface area (Å²) in [7, 11) is -5.98. The zero-order chi connectivity index (χ0) is 24.4. The summed E-state index contributed by atoms with van der Waals surface area (Å²) < 4.78 is 53.5. The second-order valence-corrected chi connectivity index (χ2v) is 11.9. The number of methoxy groups -OCH3 is 1. The molecule has 2 aromatic rings. The lowest BCUT2D eigenvalue weighted by atomic mass is 10.1. The zero-order valence-electron chi connectivity index (χ0n) is 18.6. The van der Waals surface area contributed by atoms with Gasteiger partial charge in [-0.3, -0.25) is 9.59 Å². The molecule has 0 unspecified atom stereocenters. The first-order valence-electron chi connectivity index (χ1n) is 10.2. The highest BCUT2D eigenvalue weighted by Crippen LogP contribution is 2.23. The quantitative estimate of drug-likeness (QED) is 0.618. The fraction of sp³-hybridized carbons (Fsp3) is 0.364. The fourth-order valence-electron chi connectivity index (χ4n) is 3.62. The van der Waals surface area contributed by atoms with Gasteiger partial charge in [-0.25, -0.2) is 16.8 Å². The highest BCUT2D eigenvalue weighted by atomic mass is 32.2. The van der Waals surface area contributed by atoms with Crippen LogP contribution in [0.25, 0.3) is 0 Å². The molecule has 2 amide bonds. The molecule has 0 spiro atoms. The van der Waals surface area contributed by atoms with Crippen molar-refractivity contribution < 1.29 is 31.2 Å². The molecule has 0 saturated carbocycles. The van der Waals surface area contributed by atoms with Crippen LogP contribution in [0.1, 0.15) is 27.1 Å². The lowest BCUT2D eigenvalue weighted by molar-refractivity contribution is 0.0716. The maximum Gasteiger partial charge on any atom is 0.257 e. The molecule has 0 radical (unpaired) electrons. The Kier molecular flexibility index (Phi) is 7.13. The van der Waals surface area contributed by atoms with Crippen molar-refractivity contribution in [1.82, 2.24) is 9.80 Å². The van der Waals surface area contributed by atoms with E-state index in [4.69, 9.17) is 4.74 Å². The van der Waals surface area contributed by atoms with Gasteiger partial charge in [0.2, 0.25) is 0 Å². The zero-order valence-corrected chi connectivity index (χ0v) is 20.3. The van der Waals surface area contributed by atoms with Gasteiger partial charge in [0, 0.05) is 44.3 Å². The molecule has 1 aliphatic heterocycles. The van der Waals surface area contributed by atoms with E-state index in [-0.39, 0.29) is 34.4 Å². The van der Waals surface area contributed by atoms with Gasteiger partial charge in [-0.05, 0) is 36.8 Å². The first-order chi connectivity index (χ1) is 15.4. The van der Waals surface area contributed by atoms with Crippen LogP contribution in [0.5, 0.6) is 5.75 Å². The van der Waals surface area contributed by atoms with Crippen molar-refractivity contribution in [3.8, 4) is 5.75 Å². The lowest BCUT2D eigenvalue weighted by Crippen LogP contribution is -2.37. The molecular weight excluding hydrogens is 468 g/mol. The average Bonchev–Trinajstić information content (AvgIpc) is 3.03. The van der Waals surface area contributed by atoms with Crippen LogP contribution in [0.15, 0.2) is 52.3 Å². The minimum Gasteiger partial charge on any atom is -0.496 e. The van der Waals surface area contributed by atoms with Gasteiger partial charge in [-0.2, -0.15) is 0 Å². The summed E-state index contributed by atoms with van der Waals surface area (Å²) in [6.07, 6.45) is 2.42. The van der Waals surface area contributed by atoms with E-state index in [9.17, 15) is 26.4 Å². The molecule has 3 rings (SSSR count). The number of benzene rings is 2. The van der Waals surface area contributed by atoms with Crippen molar-refractivity contribution in [3.63, 3.8) is 0 Å². The Bertz CT molecular complexity index is 1240. The highest BCUT2D eigenvalue weighted by Gasteiger charge is 2.26. The Labute approximate surface area is 193 Å². The molecule has 178 valence electrons. The lowest BCUT2D eigenvalue weighted by Gasteiger charge is -2.23. The molecule has 1 heterocycles. The third-order valence-corrected chi connectivity index (χ3v) is 7.58. The third kappa shape index (κ3) is 5.72. The molecule has 33 heavy (non-hydrogen) atoms. The van der Waals surface area contributed by atoms with Gasteiger partial charge in [0.1, 0.15) is 5.75 Å². The van der Waals surface area contributed by atoms with Gasteiger partial charge in [-0.15, -0.1) is 0 Å². The Balaban J connectivity index is 1.84. The molecule has 9 nitrogen and oxygen atoms in total. The number of carbonyl (C=O) groups excluding carboxylic acids is 2. The number of ether oxygens (including phenoxy) is 1. The summed E-state index contributed by atoms with van der Waals surface area (Å²) in [4.78, 5) is 28.8. The minimum atomic E-state index is -3.74. The van der Waals surface area contributed by atoms with Crippen molar-refractivity contribution in [1.29, 1.82) is 0 Å². The van der Waals surface area contributed by atoms with Crippen LogP contribution in [0.2, 0.25) is 0 Å². The van der Waals surface area contributed by atoms with E-state index < -0.39 is 25.6 Å². The molecular formula is C22H26N2O7S2. The van der Waals surface area contributed by atoms with Gasteiger partial charge in [0.25, 0.3) is 11.8 Å². The molecule has 1 saturated heterocycles. The van der Waals surface area contributed by atoms with Crippen LogP contribution >= 0.6 is 0 Å². The molecule has 0 aliphatic carbocycles. The molecule has 0 bridgehead atoms. The van der Waals surface area contributed by atoms with Crippen LogP contribution < -0.4 is 4.74 Å². The summed E-state index contributed by atoms with van der Waals surface area (Å²) in [5, 5.41) is 0. The minimum absolute atomic E-state index is 0.0251. The Morgan fingerprint density at radius 2 is 1.30 bits per heavy atom. The van der Waals surface area contributed by atoms with Gasteiger partial charge < -0.3 is 14.5 Å². The second-order valence-electron chi connectivity index (χ2n) is 7.88. The first-order valence-corrected chi connectivity index (χ1v) is 14.0. The van der Waals surface area contributed by atoms with E-state index >= 15 is 0 Å². The van der Waals surface area contributed by atoms with E-state index in [1.54, 1.807) is 29.2 Å². The van der Waals surface area contributed by atoms with E-state index in [1.165, 1.54) is 24.1 Å². The number of para-hydroxylation sites is 1. The normalized spacial score (nSPS) is 15.1. The van der Waals surface area contributed by atoms with Crippen LogP contribution in [0, 0.1) is 0 Å². The molecule has 2 aromatic carbocycles. The summed E-state index contributed by atoms with van der Waals surface area (Å²) in [6.45, 7) is 1.26. The number of nitrogens with zero attached hydrogens (tertiary/aromatic N) is 2. The van der Waals surface area contributed by atoms with Gasteiger partial charge >= 0.3 is 0 Å². The number of amides is 2. The predicted molar refractivity (Wildman–Crippen MR) is 122 cm³/mol. The smallest absolute Gasteiger partial charge is 0.257 e. The average molecular weight is 495 g/mol. The topological polar surface area (TPSA) is 118 Å². The number of rotatable bonds is 5. The maximum atomic E-state index is 13.2. The van der Waals surface area contributed by atoms with E-state index in [0.29, 0.717) is 30.8 Å². The standard InChI is InChI=1S/C22H26N2O7S2/c1-31-20-8-5-4-7-19(20)22(26)24-10-6-9-23(11-12-24)21(25)16-13-17(32(2,27)28)15-18(14-16)33(3,29)30/h4-5,7-8,13-15H,6,9-12H2,1-3H3. The van der Waals surface area contributed by atoms with Crippen molar-refractivity contribution >= 4 is 31.5 Å². The maximum absolute atomic E-state index is 13.2. The van der Waals surface area contributed by atoms with Gasteiger partial charge in [-0.1, -0.05) is 12.1 Å². The van der Waals surface area contributed by atoms with Gasteiger partial charge in [0.15, 0.2) is 19.7 Å². The Morgan fingerprint density at radius 1 is 0.788 bits per heavy atom. The van der Waals surface area contributed by atoms with Crippen molar-refractivity contribution in [2.45, 2.75) is 16.2 Å². The Hall–Kier alpha value is -2.92. The van der Waals surface area contributed by atoms with Crippen molar-refractivity contribution in [2.75, 3.05) is 45.8 Å². The SMILES string of the molecule is COc1ccccc1C(=O)N1CCCN(C(=O)c2cc(S(C)(=O)=O)cc(S(C)(=O)=O)c2)CC1.